The molecule has 0 radical (unpaired) electrons. The highest BCUT2D eigenvalue weighted by Gasteiger charge is 2.28. The fraction of sp³-hybridized carbons (Fsp3) is 0.267. The van der Waals surface area contributed by atoms with Gasteiger partial charge in [0, 0.05) is 43.2 Å². The summed E-state index contributed by atoms with van der Waals surface area (Å²) in [7, 11) is 0. The lowest BCUT2D eigenvalue weighted by Crippen LogP contribution is -2.47. The molecule has 1 saturated heterocycles. The third kappa shape index (κ3) is 6.22. The van der Waals surface area contributed by atoms with Crippen molar-refractivity contribution in [3.63, 3.8) is 0 Å². The van der Waals surface area contributed by atoms with Gasteiger partial charge in [-0.3, -0.25) is 15.2 Å². The Morgan fingerprint density at radius 2 is 1.78 bits per heavy atom. The molecule has 1 aliphatic rings. The van der Waals surface area contributed by atoms with Crippen molar-refractivity contribution in [1.82, 2.24) is 15.2 Å². The van der Waals surface area contributed by atoms with Crippen molar-refractivity contribution in [3.8, 4) is 11.8 Å². The minimum atomic E-state index is -0.208. The Morgan fingerprint density at radius 3 is 2.43 bits per heavy atom. The third-order valence-electron chi connectivity index (χ3n) is 6.34. The van der Waals surface area contributed by atoms with E-state index in [1.54, 1.807) is 29.4 Å². The van der Waals surface area contributed by atoms with Crippen molar-refractivity contribution >= 4 is 17.2 Å². The van der Waals surface area contributed by atoms with Crippen molar-refractivity contribution in [2.75, 3.05) is 19.6 Å². The number of nitrogens with zero attached hydrogens (tertiary/aromatic N) is 3. The number of ether oxygens (including phenoxy) is 1. The zero-order valence-corrected chi connectivity index (χ0v) is 21.2. The van der Waals surface area contributed by atoms with E-state index in [2.05, 4.69) is 54.5 Å². The molecule has 7 heteroatoms. The van der Waals surface area contributed by atoms with Crippen LogP contribution in [0.1, 0.15) is 48.4 Å². The Bertz CT molecular complexity index is 1310. The van der Waals surface area contributed by atoms with Crippen molar-refractivity contribution in [1.29, 1.82) is 10.7 Å². The molecule has 188 valence electrons. The Hall–Kier alpha value is -4.44. The summed E-state index contributed by atoms with van der Waals surface area (Å²) >= 11 is 0. The zero-order valence-electron chi connectivity index (χ0n) is 21.2. The highest BCUT2D eigenvalue weighted by atomic mass is 16.5. The Morgan fingerprint density at radius 1 is 1.08 bits per heavy atom. The number of benzene rings is 2. The second kappa shape index (κ2) is 12.0. The molecule has 2 N–H and O–H groups in total. The molecule has 0 bridgehead atoms. The number of amides is 1. The van der Waals surface area contributed by atoms with Gasteiger partial charge < -0.3 is 15.0 Å². The quantitative estimate of drug-likeness (QED) is 0.326. The van der Waals surface area contributed by atoms with Gasteiger partial charge in [-0.25, -0.2) is 0 Å². The second-order valence-corrected chi connectivity index (χ2v) is 9.20. The topological polar surface area (TPSA) is 102 Å². The first kappa shape index (κ1) is 25.6. The van der Waals surface area contributed by atoms with Gasteiger partial charge in [0.2, 0.25) is 0 Å². The Labute approximate surface area is 217 Å². The maximum absolute atomic E-state index is 13.3. The summed E-state index contributed by atoms with van der Waals surface area (Å²) in [5.74, 6) is 0.983. The molecule has 0 atom stereocenters. The van der Waals surface area contributed by atoms with Crippen LogP contribution in [0.5, 0.6) is 5.75 Å². The molecular formula is C30H31N5O2. The number of allylic oxidation sites excluding steroid dienone is 1. The van der Waals surface area contributed by atoms with Crippen LogP contribution in [0.4, 0.5) is 0 Å². The van der Waals surface area contributed by atoms with E-state index in [4.69, 9.17) is 15.4 Å². The van der Waals surface area contributed by atoms with Crippen molar-refractivity contribution in [2.24, 2.45) is 0 Å². The molecule has 4 rings (SSSR count). The average molecular weight is 494 g/mol. The standard InChI is InChI=1S/C30H31N5O2/c1-21(2)23-6-4-22(5-7-23)20-37-26-10-8-24(9-11-26)27(28(32)25-12-15-33-16-13-25)29-30(36)35(18-3-14-31)19-17-34-29/h4-13,15-16,21,32,34H,3,17-20H2,1-2H3/b29-27-,32-28?. The summed E-state index contributed by atoms with van der Waals surface area (Å²) in [6.07, 6.45) is 3.53. The van der Waals surface area contributed by atoms with Gasteiger partial charge in [0.25, 0.3) is 5.91 Å². The van der Waals surface area contributed by atoms with Crippen LogP contribution >= 0.6 is 0 Å². The minimum absolute atomic E-state index is 0.208. The number of rotatable bonds is 9. The van der Waals surface area contributed by atoms with Gasteiger partial charge in [-0.15, -0.1) is 0 Å². The largest absolute Gasteiger partial charge is 0.489 e. The zero-order chi connectivity index (χ0) is 26.2. The number of piperazine rings is 1. The normalized spacial score (nSPS) is 14.6. The summed E-state index contributed by atoms with van der Waals surface area (Å²) in [6, 6.07) is 21.5. The van der Waals surface area contributed by atoms with Gasteiger partial charge in [-0.05, 0) is 46.9 Å². The number of hydrogen-bond donors (Lipinski definition) is 2. The fourth-order valence-corrected chi connectivity index (χ4v) is 4.20. The Balaban J connectivity index is 1.60. The molecular weight excluding hydrogens is 462 g/mol. The molecule has 0 spiro atoms. The fourth-order valence-electron chi connectivity index (χ4n) is 4.20. The number of carbonyl (C=O) groups is 1. The van der Waals surface area contributed by atoms with E-state index >= 15 is 0 Å². The first-order valence-electron chi connectivity index (χ1n) is 12.4. The number of pyridine rings is 1. The van der Waals surface area contributed by atoms with Crippen molar-refractivity contribution < 1.29 is 9.53 Å². The van der Waals surface area contributed by atoms with Gasteiger partial charge in [0.15, 0.2) is 0 Å². The summed E-state index contributed by atoms with van der Waals surface area (Å²) in [5.41, 5.74) is 4.87. The molecule has 37 heavy (non-hydrogen) atoms. The lowest BCUT2D eigenvalue weighted by Gasteiger charge is -2.31. The number of hydrogen-bond acceptors (Lipinski definition) is 6. The molecule has 7 nitrogen and oxygen atoms in total. The molecule has 2 aromatic carbocycles. The van der Waals surface area contributed by atoms with E-state index in [1.807, 2.05) is 24.3 Å². The molecule has 0 aliphatic carbocycles. The highest BCUT2D eigenvalue weighted by molar-refractivity contribution is 6.34. The number of nitrogens with one attached hydrogen (secondary N) is 2. The van der Waals surface area contributed by atoms with E-state index in [9.17, 15) is 4.79 Å². The lowest BCUT2D eigenvalue weighted by atomic mass is 9.93. The van der Waals surface area contributed by atoms with Gasteiger partial charge in [-0.2, -0.15) is 5.26 Å². The van der Waals surface area contributed by atoms with Gasteiger partial charge in [0.05, 0.1) is 18.2 Å². The van der Waals surface area contributed by atoms with Crippen LogP contribution in [-0.4, -0.2) is 41.1 Å². The predicted octanol–water partition coefficient (Wildman–Crippen LogP) is 4.91. The van der Waals surface area contributed by atoms with Crippen LogP contribution in [0.25, 0.3) is 5.57 Å². The first-order valence-corrected chi connectivity index (χ1v) is 12.4. The van der Waals surface area contributed by atoms with E-state index < -0.39 is 0 Å². The predicted molar refractivity (Wildman–Crippen MR) is 144 cm³/mol. The lowest BCUT2D eigenvalue weighted by molar-refractivity contribution is -0.128. The molecule has 0 unspecified atom stereocenters. The summed E-state index contributed by atoms with van der Waals surface area (Å²) in [4.78, 5) is 19.1. The second-order valence-electron chi connectivity index (χ2n) is 9.20. The average Bonchev–Trinajstić information content (AvgIpc) is 2.93. The summed E-state index contributed by atoms with van der Waals surface area (Å²) in [5, 5.41) is 21.2. The number of nitriles is 1. The maximum atomic E-state index is 13.3. The van der Waals surface area contributed by atoms with Gasteiger partial charge in [0.1, 0.15) is 18.1 Å². The monoisotopic (exact) mass is 493 g/mol. The van der Waals surface area contributed by atoms with Crippen LogP contribution in [0.15, 0.2) is 78.8 Å². The Kier molecular flexibility index (Phi) is 8.32. The van der Waals surface area contributed by atoms with Crippen LogP contribution in [0.3, 0.4) is 0 Å². The molecule has 3 aromatic rings. The number of aromatic nitrogens is 1. The molecule has 1 aromatic heterocycles. The molecule has 2 heterocycles. The smallest absolute Gasteiger partial charge is 0.270 e. The van der Waals surface area contributed by atoms with E-state index in [1.165, 1.54) is 5.56 Å². The SMILES string of the molecule is CC(C)c1ccc(COc2ccc(/C(C(=N)c3ccncc3)=C3/NCCN(CCC#N)C3=O)cc2)cc1. The van der Waals surface area contributed by atoms with Crippen LogP contribution < -0.4 is 10.1 Å². The van der Waals surface area contributed by atoms with E-state index in [-0.39, 0.29) is 18.0 Å². The summed E-state index contributed by atoms with van der Waals surface area (Å²) in [6.45, 7) is 6.23. The van der Waals surface area contributed by atoms with Crippen LogP contribution in [0, 0.1) is 16.7 Å². The highest BCUT2D eigenvalue weighted by Crippen LogP contribution is 2.27. The molecule has 0 saturated carbocycles. The minimum Gasteiger partial charge on any atom is -0.489 e. The number of carbonyl (C=O) groups excluding carboxylic acids is 1. The third-order valence-corrected chi connectivity index (χ3v) is 6.34. The van der Waals surface area contributed by atoms with Crippen LogP contribution in [-0.2, 0) is 11.4 Å². The maximum Gasteiger partial charge on any atom is 0.270 e. The first-order chi connectivity index (χ1) is 18.0. The molecule has 1 fully saturated rings. The molecule has 1 amide bonds. The van der Waals surface area contributed by atoms with E-state index in [0.29, 0.717) is 54.7 Å². The van der Waals surface area contributed by atoms with Gasteiger partial charge in [-0.1, -0.05) is 50.2 Å². The summed E-state index contributed by atoms with van der Waals surface area (Å²) < 4.78 is 6.00. The van der Waals surface area contributed by atoms with E-state index in [0.717, 1.165) is 11.1 Å². The van der Waals surface area contributed by atoms with Crippen molar-refractivity contribution in [2.45, 2.75) is 32.8 Å². The molecule has 1 aliphatic heterocycles. The van der Waals surface area contributed by atoms with Gasteiger partial charge >= 0.3 is 0 Å². The van der Waals surface area contributed by atoms with Crippen molar-refractivity contribution in [3.05, 3.63) is 101 Å². The van der Waals surface area contributed by atoms with Crippen LogP contribution in [0.2, 0.25) is 0 Å².